The van der Waals surface area contributed by atoms with Crippen LogP contribution in [-0.4, -0.2) is 51.5 Å². The maximum absolute atomic E-state index is 12.7. The van der Waals surface area contributed by atoms with E-state index in [2.05, 4.69) is 15.5 Å². The number of anilines is 1. The lowest BCUT2D eigenvalue weighted by Crippen LogP contribution is -2.37. The minimum Gasteiger partial charge on any atom is -0.485 e. The second kappa shape index (κ2) is 9.86. The van der Waals surface area contributed by atoms with Crippen molar-refractivity contribution in [1.82, 2.24) is 15.0 Å². The number of aromatic nitrogens is 2. The molecule has 3 aromatic rings. The van der Waals surface area contributed by atoms with Crippen LogP contribution >= 0.6 is 11.8 Å². The predicted octanol–water partition coefficient (Wildman–Crippen LogP) is 3.71. The fourth-order valence-electron chi connectivity index (χ4n) is 3.33. The molecular formula is C23H24N4O4S. The number of hydrogen-bond acceptors (Lipinski definition) is 7. The zero-order valence-electron chi connectivity index (χ0n) is 18.0. The van der Waals surface area contributed by atoms with Gasteiger partial charge in [-0.1, -0.05) is 5.16 Å². The first-order valence-electron chi connectivity index (χ1n) is 10.3. The molecule has 1 aromatic heterocycles. The monoisotopic (exact) mass is 452 g/mol. The number of ether oxygens (including phenoxy) is 1. The van der Waals surface area contributed by atoms with E-state index in [-0.39, 0.29) is 18.4 Å². The summed E-state index contributed by atoms with van der Waals surface area (Å²) in [4.78, 5) is 31.3. The molecule has 1 saturated heterocycles. The Balaban J connectivity index is 1.36. The summed E-state index contributed by atoms with van der Waals surface area (Å²) >= 11 is 1.87. The van der Waals surface area contributed by atoms with Crippen LogP contribution in [0.15, 0.2) is 47.0 Å². The average Bonchev–Trinajstić information content (AvgIpc) is 3.24. The first-order chi connectivity index (χ1) is 15.5. The Morgan fingerprint density at radius 3 is 2.47 bits per heavy atom. The van der Waals surface area contributed by atoms with Crippen LogP contribution in [0.2, 0.25) is 0 Å². The first-order valence-corrected chi connectivity index (χ1v) is 11.5. The van der Waals surface area contributed by atoms with E-state index in [1.165, 1.54) is 0 Å². The molecule has 2 amide bonds. The predicted molar refractivity (Wildman–Crippen MR) is 122 cm³/mol. The molecule has 2 aromatic carbocycles. The van der Waals surface area contributed by atoms with Gasteiger partial charge in [0.1, 0.15) is 5.75 Å². The number of hydrogen-bond donors (Lipinski definition) is 1. The Bertz CT molecular complexity index is 1110. The molecule has 166 valence electrons. The molecule has 0 spiro atoms. The Kier molecular flexibility index (Phi) is 6.75. The van der Waals surface area contributed by atoms with Gasteiger partial charge >= 0.3 is 0 Å². The molecule has 0 saturated carbocycles. The molecule has 9 heteroatoms. The highest BCUT2D eigenvalue weighted by molar-refractivity contribution is 7.99. The van der Waals surface area contributed by atoms with Crippen molar-refractivity contribution in [2.75, 3.05) is 29.9 Å². The largest absolute Gasteiger partial charge is 0.485 e. The molecule has 2 heterocycles. The average molecular weight is 453 g/mol. The fourth-order valence-corrected chi connectivity index (χ4v) is 4.23. The van der Waals surface area contributed by atoms with Crippen molar-refractivity contribution < 1.29 is 18.8 Å². The van der Waals surface area contributed by atoms with E-state index >= 15 is 0 Å². The van der Waals surface area contributed by atoms with Crippen LogP contribution in [0.5, 0.6) is 5.75 Å². The van der Waals surface area contributed by atoms with Crippen LogP contribution in [0.3, 0.4) is 0 Å². The number of amides is 2. The van der Waals surface area contributed by atoms with Crippen molar-refractivity contribution in [3.63, 3.8) is 0 Å². The highest BCUT2D eigenvalue weighted by Crippen LogP contribution is 2.21. The molecule has 1 fully saturated rings. The van der Waals surface area contributed by atoms with Gasteiger partial charge in [0.15, 0.2) is 6.61 Å². The zero-order valence-corrected chi connectivity index (χ0v) is 18.8. The SMILES string of the molecule is Cc1nc(COc2ccc(C(=O)Nc3ccc(C(=O)N4CCSCC4)cc3C)cc2)no1. The summed E-state index contributed by atoms with van der Waals surface area (Å²) in [6.07, 6.45) is 0. The third-order valence-corrected chi connectivity index (χ3v) is 6.02. The van der Waals surface area contributed by atoms with E-state index in [1.54, 1.807) is 43.3 Å². The lowest BCUT2D eigenvalue weighted by Gasteiger charge is -2.26. The van der Waals surface area contributed by atoms with Crippen molar-refractivity contribution in [3.05, 3.63) is 70.9 Å². The molecule has 0 aliphatic carbocycles. The molecule has 0 radical (unpaired) electrons. The molecule has 8 nitrogen and oxygen atoms in total. The van der Waals surface area contributed by atoms with Crippen molar-refractivity contribution >= 4 is 29.3 Å². The lowest BCUT2D eigenvalue weighted by molar-refractivity contribution is 0.0772. The van der Waals surface area contributed by atoms with E-state index in [0.29, 0.717) is 34.3 Å². The maximum Gasteiger partial charge on any atom is 0.255 e. The maximum atomic E-state index is 12.7. The van der Waals surface area contributed by atoms with Gasteiger partial charge in [0, 0.05) is 48.3 Å². The van der Waals surface area contributed by atoms with Gasteiger partial charge in [0.2, 0.25) is 11.7 Å². The summed E-state index contributed by atoms with van der Waals surface area (Å²) in [7, 11) is 0. The van der Waals surface area contributed by atoms with Gasteiger partial charge < -0.3 is 19.5 Å². The molecule has 0 bridgehead atoms. The van der Waals surface area contributed by atoms with Crippen LogP contribution in [-0.2, 0) is 6.61 Å². The summed E-state index contributed by atoms with van der Waals surface area (Å²) in [5.74, 6) is 3.28. The van der Waals surface area contributed by atoms with E-state index in [9.17, 15) is 9.59 Å². The smallest absolute Gasteiger partial charge is 0.255 e. The number of carbonyl (C=O) groups excluding carboxylic acids is 2. The van der Waals surface area contributed by atoms with Crippen molar-refractivity contribution in [2.45, 2.75) is 20.5 Å². The number of carbonyl (C=O) groups is 2. The Morgan fingerprint density at radius 1 is 1.09 bits per heavy atom. The Morgan fingerprint density at radius 2 is 1.81 bits per heavy atom. The number of thioether (sulfide) groups is 1. The van der Waals surface area contributed by atoms with Crippen LogP contribution < -0.4 is 10.1 Å². The number of benzene rings is 2. The van der Waals surface area contributed by atoms with Crippen LogP contribution in [0.1, 0.15) is 38.0 Å². The summed E-state index contributed by atoms with van der Waals surface area (Å²) in [5.41, 5.74) is 2.66. The summed E-state index contributed by atoms with van der Waals surface area (Å²) in [6, 6.07) is 12.2. The molecule has 1 N–H and O–H groups in total. The molecule has 1 aliphatic rings. The topological polar surface area (TPSA) is 97.6 Å². The third kappa shape index (κ3) is 5.28. The van der Waals surface area contributed by atoms with Crippen LogP contribution in [0.25, 0.3) is 0 Å². The quantitative estimate of drug-likeness (QED) is 0.609. The van der Waals surface area contributed by atoms with Gasteiger partial charge in [-0.05, 0) is 55.0 Å². The van der Waals surface area contributed by atoms with Crippen molar-refractivity contribution in [2.24, 2.45) is 0 Å². The normalized spacial score (nSPS) is 13.6. The number of rotatable bonds is 6. The third-order valence-electron chi connectivity index (χ3n) is 5.07. The Hall–Kier alpha value is -3.33. The zero-order chi connectivity index (χ0) is 22.5. The molecule has 0 atom stereocenters. The van der Waals surface area contributed by atoms with Crippen LogP contribution in [0.4, 0.5) is 5.69 Å². The molecule has 0 unspecified atom stereocenters. The van der Waals surface area contributed by atoms with Gasteiger partial charge in [-0.15, -0.1) is 0 Å². The number of nitrogens with one attached hydrogen (secondary N) is 1. The van der Waals surface area contributed by atoms with Crippen molar-refractivity contribution in [1.29, 1.82) is 0 Å². The van der Waals surface area contributed by atoms with E-state index in [1.807, 2.05) is 29.7 Å². The standard InChI is InChI=1S/C23H24N4O4S/c1-15-13-18(23(29)27-9-11-32-12-10-27)5-8-20(15)25-22(28)17-3-6-19(7-4-17)30-14-21-24-16(2)31-26-21/h3-8,13H,9-12,14H2,1-2H3,(H,25,28). The summed E-state index contributed by atoms with van der Waals surface area (Å²) in [6.45, 7) is 5.33. The fraction of sp³-hybridized carbons (Fsp3) is 0.304. The second-order valence-electron chi connectivity index (χ2n) is 7.43. The molecular weight excluding hydrogens is 428 g/mol. The van der Waals surface area contributed by atoms with Gasteiger partial charge in [-0.2, -0.15) is 16.7 Å². The summed E-state index contributed by atoms with van der Waals surface area (Å²) in [5, 5.41) is 6.69. The second-order valence-corrected chi connectivity index (χ2v) is 8.66. The van der Waals surface area contributed by atoms with Gasteiger partial charge in [-0.25, -0.2) is 0 Å². The minimum atomic E-state index is -0.236. The number of aryl methyl sites for hydroxylation is 2. The van der Waals surface area contributed by atoms with Crippen molar-refractivity contribution in [3.8, 4) is 5.75 Å². The van der Waals surface area contributed by atoms with Gasteiger partial charge in [0.25, 0.3) is 11.8 Å². The van der Waals surface area contributed by atoms with E-state index < -0.39 is 0 Å². The number of nitrogens with zero attached hydrogens (tertiary/aromatic N) is 3. The van der Waals surface area contributed by atoms with E-state index in [4.69, 9.17) is 9.26 Å². The van der Waals surface area contributed by atoms with Crippen LogP contribution in [0, 0.1) is 13.8 Å². The molecule has 32 heavy (non-hydrogen) atoms. The highest BCUT2D eigenvalue weighted by atomic mass is 32.2. The molecule has 4 rings (SSSR count). The minimum absolute atomic E-state index is 0.0397. The first kappa shape index (κ1) is 21.9. The van der Waals surface area contributed by atoms with Gasteiger partial charge in [-0.3, -0.25) is 9.59 Å². The highest BCUT2D eigenvalue weighted by Gasteiger charge is 2.19. The Labute approximate surface area is 190 Å². The lowest BCUT2D eigenvalue weighted by atomic mass is 10.1. The van der Waals surface area contributed by atoms with Gasteiger partial charge in [0.05, 0.1) is 0 Å². The van der Waals surface area contributed by atoms with E-state index in [0.717, 1.165) is 30.2 Å². The molecule has 1 aliphatic heterocycles. The summed E-state index contributed by atoms with van der Waals surface area (Å²) < 4.78 is 10.5.